The zero-order valence-electron chi connectivity index (χ0n) is 16.5. The van der Waals surface area contributed by atoms with Crippen molar-refractivity contribution in [2.45, 2.75) is 57.4 Å². The van der Waals surface area contributed by atoms with E-state index in [1.54, 1.807) is 25.3 Å². The van der Waals surface area contributed by atoms with Gasteiger partial charge in [0.2, 0.25) is 5.91 Å². The maximum atomic E-state index is 13.8. The number of carbonyl (C=O) groups is 3. The molecule has 5 heteroatoms. The van der Waals surface area contributed by atoms with Crippen molar-refractivity contribution in [3.05, 3.63) is 35.4 Å². The number of methoxy groups -OCH3 is 1. The molecule has 1 fully saturated rings. The maximum Gasteiger partial charge on any atom is 0.241 e. The van der Waals surface area contributed by atoms with Crippen LogP contribution >= 0.6 is 0 Å². The number of benzene rings is 1. The van der Waals surface area contributed by atoms with Crippen molar-refractivity contribution in [2.24, 2.45) is 5.92 Å². The second-order valence-electron chi connectivity index (χ2n) is 8.16. The SMILES string of the molecule is COC[C@@H]1CCCN1C(=O)[C@@]1(CCC(C)C)C(=O)CC(=O)c2ccccc21. The number of Topliss-reactive ketones (excluding diaryl/α,β-unsaturated/α-hetero) is 2. The highest BCUT2D eigenvalue weighted by Gasteiger charge is 2.54. The van der Waals surface area contributed by atoms with Gasteiger partial charge in [0, 0.05) is 19.2 Å². The normalized spacial score (nSPS) is 25.2. The highest BCUT2D eigenvalue weighted by atomic mass is 16.5. The first-order valence-electron chi connectivity index (χ1n) is 9.87. The molecular weight excluding hydrogens is 342 g/mol. The molecule has 3 rings (SSSR count). The van der Waals surface area contributed by atoms with Gasteiger partial charge < -0.3 is 9.64 Å². The number of rotatable bonds is 6. The van der Waals surface area contributed by atoms with Crippen LogP contribution < -0.4 is 0 Å². The minimum absolute atomic E-state index is 0.00369. The molecule has 1 amide bonds. The second kappa shape index (κ2) is 7.93. The lowest BCUT2D eigenvalue weighted by atomic mass is 9.64. The van der Waals surface area contributed by atoms with Gasteiger partial charge in [-0.15, -0.1) is 0 Å². The Kier molecular flexibility index (Phi) is 5.80. The van der Waals surface area contributed by atoms with Crippen LogP contribution in [-0.4, -0.2) is 48.7 Å². The van der Waals surface area contributed by atoms with Gasteiger partial charge >= 0.3 is 0 Å². The van der Waals surface area contributed by atoms with E-state index in [0.29, 0.717) is 36.6 Å². The van der Waals surface area contributed by atoms with Gasteiger partial charge in [-0.2, -0.15) is 0 Å². The van der Waals surface area contributed by atoms with Crippen LogP contribution in [-0.2, 0) is 19.7 Å². The molecular formula is C22H29NO4. The number of likely N-dealkylation sites (tertiary alicyclic amines) is 1. The van der Waals surface area contributed by atoms with Crippen LogP contribution in [0.5, 0.6) is 0 Å². The monoisotopic (exact) mass is 371 g/mol. The van der Waals surface area contributed by atoms with E-state index in [1.165, 1.54) is 0 Å². The van der Waals surface area contributed by atoms with Crippen molar-refractivity contribution in [3.63, 3.8) is 0 Å². The topological polar surface area (TPSA) is 63.7 Å². The zero-order valence-corrected chi connectivity index (χ0v) is 16.5. The number of hydrogen-bond donors (Lipinski definition) is 0. The first kappa shape index (κ1) is 19.7. The van der Waals surface area contributed by atoms with Crippen LogP contribution in [0.4, 0.5) is 0 Å². The molecule has 1 aliphatic carbocycles. The minimum atomic E-state index is -1.24. The van der Waals surface area contributed by atoms with Crippen LogP contribution in [0.15, 0.2) is 24.3 Å². The first-order valence-corrected chi connectivity index (χ1v) is 9.87. The fraction of sp³-hybridized carbons (Fsp3) is 0.591. The summed E-state index contributed by atoms with van der Waals surface area (Å²) >= 11 is 0. The van der Waals surface area contributed by atoms with Gasteiger partial charge in [-0.25, -0.2) is 0 Å². The number of ketones is 2. The van der Waals surface area contributed by atoms with Crippen molar-refractivity contribution in [3.8, 4) is 0 Å². The number of amides is 1. The van der Waals surface area contributed by atoms with Crippen molar-refractivity contribution < 1.29 is 19.1 Å². The molecule has 0 saturated carbocycles. The molecule has 2 atom stereocenters. The van der Waals surface area contributed by atoms with Gasteiger partial charge in [0.05, 0.1) is 19.1 Å². The van der Waals surface area contributed by atoms with Gasteiger partial charge in [0.25, 0.3) is 0 Å². The molecule has 1 aromatic carbocycles. The third kappa shape index (κ3) is 3.45. The van der Waals surface area contributed by atoms with Gasteiger partial charge in [-0.3, -0.25) is 14.4 Å². The van der Waals surface area contributed by atoms with E-state index in [0.717, 1.165) is 19.3 Å². The standard InChI is InChI=1S/C22H29NO4/c1-15(2)10-11-22(21(26)23-12-6-7-16(23)14-27-3)18-9-5-4-8-17(18)19(24)13-20(22)25/h4-5,8-9,15-16H,6-7,10-14H2,1-3H3/t16-,22+/m0/s1. The summed E-state index contributed by atoms with van der Waals surface area (Å²) in [6.45, 7) is 5.29. The van der Waals surface area contributed by atoms with Crippen LogP contribution in [0.3, 0.4) is 0 Å². The highest BCUT2D eigenvalue weighted by Crippen LogP contribution is 2.42. The molecule has 1 saturated heterocycles. The average Bonchev–Trinajstić information content (AvgIpc) is 3.10. The van der Waals surface area contributed by atoms with Crippen molar-refractivity contribution in [2.75, 3.05) is 20.3 Å². The lowest BCUT2D eigenvalue weighted by Gasteiger charge is -2.40. The molecule has 2 aliphatic rings. The Morgan fingerprint density at radius 1 is 1.30 bits per heavy atom. The Balaban J connectivity index is 2.10. The Morgan fingerprint density at radius 3 is 2.74 bits per heavy atom. The Hall–Kier alpha value is -2.01. The van der Waals surface area contributed by atoms with Crippen molar-refractivity contribution in [1.82, 2.24) is 4.90 Å². The summed E-state index contributed by atoms with van der Waals surface area (Å²) in [5.41, 5.74) is -0.123. The molecule has 0 bridgehead atoms. The number of carbonyl (C=O) groups excluding carboxylic acids is 3. The smallest absolute Gasteiger partial charge is 0.241 e. The molecule has 1 aliphatic heterocycles. The summed E-state index contributed by atoms with van der Waals surface area (Å²) in [7, 11) is 1.63. The lowest BCUT2D eigenvalue weighted by molar-refractivity contribution is -0.146. The minimum Gasteiger partial charge on any atom is -0.383 e. The molecule has 5 nitrogen and oxygen atoms in total. The maximum absolute atomic E-state index is 13.8. The van der Waals surface area contributed by atoms with E-state index in [4.69, 9.17) is 4.74 Å². The van der Waals surface area contributed by atoms with Crippen molar-refractivity contribution >= 4 is 17.5 Å². The van der Waals surface area contributed by atoms with Gasteiger partial charge in [-0.1, -0.05) is 38.1 Å². The first-order chi connectivity index (χ1) is 12.9. The molecule has 1 heterocycles. The Labute approximate surface area is 161 Å². The fourth-order valence-corrected chi connectivity index (χ4v) is 4.48. The van der Waals surface area contributed by atoms with Crippen LogP contribution in [0, 0.1) is 5.92 Å². The predicted molar refractivity (Wildman–Crippen MR) is 103 cm³/mol. The number of hydrogen-bond acceptors (Lipinski definition) is 4. The number of ether oxygens (including phenoxy) is 1. The summed E-state index contributed by atoms with van der Waals surface area (Å²) in [4.78, 5) is 41.4. The largest absolute Gasteiger partial charge is 0.383 e. The van der Waals surface area contributed by atoms with E-state index >= 15 is 0 Å². The average molecular weight is 371 g/mol. The van der Waals surface area contributed by atoms with Crippen molar-refractivity contribution in [1.29, 1.82) is 0 Å². The Morgan fingerprint density at radius 2 is 2.04 bits per heavy atom. The third-order valence-electron chi connectivity index (χ3n) is 5.94. The summed E-state index contributed by atoms with van der Waals surface area (Å²) in [6, 6.07) is 7.16. The Bertz CT molecular complexity index is 742. The fourth-order valence-electron chi connectivity index (χ4n) is 4.48. The molecule has 0 aromatic heterocycles. The molecule has 0 radical (unpaired) electrons. The van der Waals surface area contributed by atoms with Gasteiger partial charge in [-0.05, 0) is 37.2 Å². The van der Waals surface area contributed by atoms with Crippen LogP contribution in [0.25, 0.3) is 0 Å². The second-order valence-corrected chi connectivity index (χ2v) is 8.16. The molecule has 146 valence electrons. The van der Waals surface area contributed by atoms with E-state index < -0.39 is 5.41 Å². The summed E-state index contributed by atoms with van der Waals surface area (Å²) < 4.78 is 5.31. The molecule has 1 aromatic rings. The summed E-state index contributed by atoms with van der Waals surface area (Å²) in [5.74, 6) is -0.216. The molecule has 0 spiro atoms. The van der Waals surface area contributed by atoms with Crippen LogP contribution in [0.1, 0.15) is 61.9 Å². The quantitative estimate of drug-likeness (QED) is 0.721. The van der Waals surface area contributed by atoms with E-state index in [1.807, 2.05) is 11.0 Å². The van der Waals surface area contributed by atoms with Gasteiger partial charge in [0.1, 0.15) is 5.41 Å². The van der Waals surface area contributed by atoms with E-state index in [2.05, 4.69) is 13.8 Å². The number of nitrogens with zero attached hydrogens (tertiary/aromatic N) is 1. The molecule has 27 heavy (non-hydrogen) atoms. The highest BCUT2D eigenvalue weighted by molar-refractivity contribution is 6.24. The molecule has 0 unspecified atom stereocenters. The summed E-state index contributed by atoms with van der Waals surface area (Å²) in [5, 5.41) is 0. The third-order valence-corrected chi connectivity index (χ3v) is 5.94. The summed E-state index contributed by atoms with van der Waals surface area (Å²) in [6.07, 6.45) is 2.80. The van der Waals surface area contributed by atoms with E-state index in [9.17, 15) is 14.4 Å². The van der Waals surface area contributed by atoms with E-state index in [-0.39, 0.29) is 29.9 Å². The zero-order chi connectivity index (χ0) is 19.6. The predicted octanol–water partition coefficient (Wildman–Crippen LogP) is 3.15. The lowest BCUT2D eigenvalue weighted by Crippen LogP contribution is -2.56. The molecule has 0 N–H and O–H groups in total. The number of fused-ring (bicyclic) bond motifs is 1. The van der Waals surface area contributed by atoms with Gasteiger partial charge in [0.15, 0.2) is 11.6 Å². The van der Waals surface area contributed by atoms with Crippen LogP contribution in [0.2, 0.25) is 0 Å².